The molecular formula is C13H15N2O5-. The third-order valence-electron chi connectivity index (χ3n) is 2.70. The Kier molecular flexibility index (Phi) is 5.64. The van der Waals surface area contributed by atoms with E-state index >= 15 is 0 Å². The molecule has 0 saturated carbocycles. The molecule has 0 aliphatic heterocycles. The van der Waals surface area contributed by atoms with Crippen LogP contribution >= 0.6 is 0 Å². The van der Waals surface area contributed by atoms with Crippen LogP contribution in [0.25, 0.3) is 0 Å². The van der Waals surface area contributed by atoms with Crippen LogP contribution in [-0.4, -0.2) is 23.3 Å². The third-order valence-corrected chi connectivity index (χ3v) is 2.70. The van der Waals surface area contributed by atoms with Gasteiger partial charge in [0.1, 0.15) is 0 Å². The average molecular weight is 279 g/mol. The first kappa shape index (κ1) is 15.6. The second kappa shape index (κ2) is 7.22. The lowest BCUT2D eigenvalue weighted by molar-refractivity contribution is -0.384. The fourth-order valence-electron chi connectivity index (χ4n) is 1.67. The highest BCUT2D eigenvalue weighted by molar-refractivity contribution is 5.97. The Bertz CT molecular complexity index is 498. The fraction of sp³-hybridized carbons (Fsp3) is 0.385. The van der Waals surface area contributed by atoms with Crippen LogP contribution in [-0.2, 0) is 9.59 Å². The number of nitro benzene ring substituents is 1. The number of carboxylic acid groups (broad SMARTS) is 1. The molecule has 0 fully saturated rings. The minimum Gasteiger partial charge on any atom is -0.548 e. The minimum atomic E-state index is -1.38. The summed E-state index contributed by atoms with van der Waals surface area (Å²) in [5, 5.41) is 21.3. The van der Waals surface area contributed by atoms with Crippen LogP contribution < -0.4 is 10.0 Å². The average Bonchev–Trinajstić information content (AvgIpc) is 2.42. The van der Waals surface area contributed by atoms with E-state index in [0.29, 0.717) is 12.1 Å². The molecule has 0 heterocycles. The first-order valence-corrected chi connectivity index (χ1v) is 6.20. The number of benzene rings is 1. The molecular weight excluding hydrogens is 264 g/mol. The van der Waals surface area contributed by atoms with Crippen LogP contribution in [0.4, 0.5) is 11.4 Å². The van der Waals surface area contributed by atoms with E-state index in [2.05, 4.69) is 0 Å². The van der Waals surface area contributed by atoms with Gasteiger partial charge in [-0.1, -0.05) is 13.3 Å². The lowest BCUT2D eigenvalue weighted by Crippen LogP contribution is -2.41. The van der Waals surface area contributed by atoms with E-state index in [9.17, 15) is 24.8 Å². The molecule has 0 spiro atoms. The van der Waals surface area contributed by atoms with Gasteiger partial charge in [0.05, 0.1) is 17.4 Å². The van der Waals surface area contributed by atoms with Gasteiger partial charge in [0.2, 0.25) is 5.91 Å². The molecule has 0 saturated heterocycles. The van der Waals surface area contributed by atoms with E-state index in [0.717, 1.165) is 11.3 Å². The third kappa shape index (κ3) is 4.34. The number of anilines is 1. The number of nitro groups is 1. The lowest BCUT2D eigenvalue weighted by Gasteiger charge is -2.23. The van der Waals surface area contributed by atoms with Crippen LogP contribution in [0.5, 0.6) is 0 Å². The monoisotopic (exact) mass is 279 g/mol. The van der Waals surface area contributed by atoms with Crippen LogP contribution in [0.1, 0.15) is 26.2 Å². The van der Waals surface area contributed by atoms with Crippen molar-refractivity contribution in [3.8, 4) is 0 Å². The van der Waals surface area contributed by atoms with Crippen molar-refractivity contribution in [2.75, 3.05) is 11.4 Å². The molecule has 1 aromatic carbocycles. The summed E-state index contributed by atoms with van der Waals surface area (Å²) in [5.41, 5.74) is 0.184. The number of carbonyl (C=O) groups excluding carboxylic acids is 2. The number of hydrogen-bond donors (Lipinski definition) is 0. The molecule has 0 unspecified atom stereocenters. The lowest BCUT2D eigenvalue weighted by atomic mass is 10.2. The van der Waals surface area contributed by atoms with E-state index in [4.69, 9.17) is 0 Å². The van der Waals surface area contributed by atoms with E-state index in [1.54, 1.807) is 0 Å². The molecule has 0 radical (unpaired) electrons. The van der Waals surface area contributed by atoms with Crippen LogP contribution in [0.3, 0.4) is 0 Å². The molecule has 0 atom stereocenters. The molecule has 1 rings (SSSR count). The van der Waals surface area contributed by atoms with E-state index in [-0.39, 0.29) is 18.0 Å². The second-order valence-electron chi connectivity index (χ2n) is 4.23. The zero-order valence-corrected chi connectivity index (χ0v) is 11.1. The summed E-state index contributed by atoms with van der Waals surface area (Å²) in [6.45, 7) is 1.35. The van der Waals surface area contributed by atoms with Gasteiger partial charge in [-0.2, -0.15) is 0 Å². The van der Waals surface area contributed by atoms with Gasteiger partial charge in [-0.15, -0.1) is 0 Å². The molecule has 0 aromatic heterocycles. The Morgan fingerprint density at radius 2 is 1.85 bits per heavy atom. The number of non-ortho nitro benzene ring substituents is 1. The Morgan fingerprint density at radius 3 is 2.30 bits per heavy atom. The molecule has 0 bridgehead atoms. The first-order valence-electron chi connectivity index (χ1n) is 6.20. The van der Waals surface area contributed by atoms with Gasteiger partial charge in [-0.25, -0.2) is 0 Å². The maximum absolute atomic E-state index is 12.0. The molecule has 0 aliphatic rings. The van der Waals surface area contributed by atoms with Crippen molar-refractivity contribution in [2.24, 2.45) is 0 Å². The molecule has 7 nitrogen and oxygen atoms in total. The van der Waals surface area contributed by atoms with Crippen molar-refractivity contribution >= 4 is 23.3 Å². The maximum Gasteiger partial charge on any atom is 0.269 e. The van der Waals surface area contributed by atoms with E-state index < -0.39 is 17.4 Å². The van der Waals surface area contributed by atoms with E-state index in [1.165, 1.54) is 24.3 Å². The minimum absolute atomic E-state index is 0.122. The topological polar surface area (TPSA) is 104 Å². The number of amides is 1. The molecule has 1 amide bonds. The predicted molar refractivity (Wildman–Crippen MR) is 70.0 cm³/mol. The molecule has 0 aliphatic carbocycles. The second-order valence-corrected chi connectivity index (χ2v) is 4.23. The van der Waals surface area contributed by atoms with Crippen molar-refractivity contribution in [1.82, 2.24) is 0 Å². The Labute approximate surface area is 116 Å². The standard InChI is InChI=1S/C13H16N2O5/c1-2-3-4-12(16)14(9-13(17)18)10-5-7-11(8-6-10)15(19)20/h5-8H,2-4,9H2,1H3,(H,17,18)/p-1. The smallest absolute Gasteiger partial charge is 0.269 e. The molecule has 108 valence electrons. The quantitative estimate of drug-likeness (QED) is 0.544. The largest absolute Gasteiger partial charge is 0.548 e. The van der Waals surface area contributed by atoms with Crippen LogP contribution in [0.2, 0.25) is 0 Å². The van der Waals surface area contributed by atoms with Gasteiger partial charge in [-0.05, 0) is 18.6 Å². The predicted octanol–water partition coefficient (Wildman–Crippen LogP) is 0.868. The summed E-state index contributed by atoms with van der Waals surface area (Å²) >= 11 is 0. The number of aliphatic carboxylic acids is 1. The summed E-state index contributed by atoms with van der Waals surface area (Å²) in [6.07, 6.45) is 1.68. The van der Waals surface area contributed by atoms with Crippen molar-refractivity contribution in [1.29, 1.82) is 0 Å². The number of carbonyl (C=O) groups is 2. The zero-order valence-electron chi connectivity index (χ0n) is 11.1. The maximum atomic E-state index is 12.0. The number of hydrogen-bond acceptors (Lipinski definition) is 5. The Hall–Kier alpha value is -2.44. The van der Waals surface area contributed by atoms with Gasteiger partial charge >= 0.3 is 0 Å². The van der Waals surface area contributed by atoms with Crippen LogP contribution in [0, 0.1) is 10.1 Å². The highest BCUT2D eigenvalue weighted by Gasteiger charge is 2.16. The zero-order chi connectivity index (χ0) is 15.1. The highest BCUT2D eigenvalue weighted by Crippen LogP contribution is 2.20. The number of unbranched alkanes of at least 4 members (excludes halogenated alkanes) is 1. The highest BCUT2D eigenvalue weighted by atomic mass is 16.6. The van der Waals surface area contributed by atoms with Crippen molar-refractivity contribution in [3.05, 3.63) is 34.4 Å². The van der Waals surface area contributed by atoms with Crippen molar-refractivity contribution < 1.29 is 19.6 Å². The first-order chi connectivity index (χ1) is 9.45. The van der Waals surface area contributed by atoms with E-state index in [1.807, 2.05) is 6.92 Å². The molecule has 0 N–H and O–H groups in total. The Balaban J connectivity index is 2.94. The van der Waals surface area contributed by atoms with Gasteiger partial charge in [-0.3, -0.25) is 14.9 Å². The fourth-order valence-corrected chi connectivity index (χ4v) is 1.67. The summed E-state index contributed by atoms with van der Waals surface area (Å²) in [6, 6.07) is 5.16. The summed E-state index contributed by atoms with van der Waals surface area (Å²) in [4.78, 5) is 33.7. The van der Waals surface area contributed by atoms with Crippen molar-refractivity contribution in [2.45, 2.75) is 26.2 Å². The number of carboxylic acids is 1. The molecule has 1 aromatic rings. The summed E-state index contributed by atoms with van der Waals surface area (Å²) in [7, 11) is 0. The summed E-state index contributed by atoms with van der Waals surface area (Å²) < 4.78 is 0. The van der Waals surface area contributed by atoms with Gasteiger partial charge in [0.15, 0.2) is 0 Å². The number of rotatable bonds is 7. The van der Waals surface area contributed by atoms with Crippen molar-refractivity contribution in [3.63, 3.8) is 0 Å². The normalized spacial score (nSPS) is 10.1. The van der Waals surface area contributed by atoms with Gasteiger partial charge in [0.25, 0.3) is 5.69 Å². The van der Waals surface area contributed by atoms with Gasteiger partial charge in [0, 0.05) is 24.2 Å². The molecule has 7 heteroatoms. The summed E-state index contributed by atoms with van der Waals surface area (Å²) in [5.74, 6) is -1.72. The Morgan fingerprint density at radius 1 is 1.25 bits per heavy atom. The SMILES string of the molecule is CCCCC(=O)N(CC(=O)[O-])c1ccc([N+](=O)[O-])cc1. The molecule has 20 heavy (non-hydrogen) atoms. The van der Waals surface area contributed by atoms with Gasteiger partial charge < -0.3 is 14.8 Å². The number of nitrogens with zero attached hydrogens (tertiary/aromatic N) is 2. The van der Waals surface area contributed by atoms with Crippen LogP contribution in [0.15, 0.2) is 24.3 Å².